The molecule has 3 heterocycles. The van der Waals surface area contributed by atoms with Crippen LogP contribution < -0.4 is 5.32 Å². The lowest BCUT2D eigenvalue weighted by atomic mass is 9.84. The van der Waals surface area contributed by atoms with E-state index in [0.717, 1.165) is 79.5 Å². The van der Waals surface area contributed by atoms with Gasteiger partial charge >= 0.3 is 0 Å². The summed E-state index contributed by atoms with van der Waals surface area (Å²) in [6, 6.07) is 19.3. The predicted octanol–water partition coefficient (Wildman–Crippen LogP) is 6.10. The second-order valence-electron chi connectivity index (χ2n) is 11.1. The fourth-order valence-corrected chi connectivity index (χ4v) is 6.33. The molecule has 2 aliphatic rings. The predicted molar refractivity (Wildman–Crippen MR) is 152 cm³/mol. The van der Waals surface area contributed by atoms with E-state index in [9.17, 15) is 13.6 Å². The Hall–Kier alpha value is -3.65. The third kappa shape index (κ3) is 5.77. The minimum Gasteiger partial charge on any atom is -0.349 e. The van der Waals surface area contributed by atoms with Crippen LogP contribution in [0.4, 0.5) is 8.78 Å². The molecule has 8 heteroatoms. The molecule has 1 fully saturated rings. The van der Waals surface area contributed by atoms with E-state index in [-0.39, 0.29) is 18.5 Å². The Labute approximate surface area is 233 Å². The van der Waals surface area contributed by atoms with Crippen LogP contribution in [0.25, 0.3) is 22.3 Å². The Kier molecular flexibility index (Phi) is 7.86. The summed E-state index contributed by atoms with van der Waals surface area (Å²) >= 11 is 0. The van der Waals surface area contributed by atoms with E-state index >= 15 is 0 Å². The van der Waals surface area contributed by atoms with Gasteiger partial charge in [-0.15, -0.1) is 0 Å². The molecule has 1 aliphatic carbocycles. The van der Waals surface area contributed by atoms with Crippen molar-refractivity contribution in [2.24, 2.45) is 5.92 Å². The molecule has 6 rings (SSSR count). The molecule has 1 aliphatic heterocycles. The number of halogens is 2. The van der Waals surface area contributed by atoms with E-state index in [0.29, 0.717) is 23.9 Å². The lowest BCUT2D eigenvalue weighted by molar-refractivity contribution is 0.0920. The fraction of sp³-hybridized carbons (Fsp3) is 0.406. The Morgan fingerprint density at radius 2 is 1.82 bits per heavy atom. The van der Waals surface area contributed by atoms with Crippen molar-refractivity contribution in [2.75, 3.05) is 13.1 Å². The molecule has 0 saturated heterocycles. The first-order chi connectivity index (χ1) is 19.5. The summed E-state index contributed by atoms with van der Waals surface area (Å²) in [7, 11) is 0. The third-order valence-electron chi connectivity index (χ3n) is 8.47. The number of rotatable bonds is 8. The Morgan fingerprint density at radius 3 is 2.62 bits per heavy atom. The van der Waals surface area contributed by atoms with Gasteiger partial charge in [-0.2, -0.15) is 0 Å². The summed E-state index contributed by atoms with van der Waals surface area (Å²) in [5.74, 6) is 1.23. The number of amides is 1. The Bertz CT molecular complexity index is 1460. The number of benzene rings is 2. The molecule has 0 unspecified atom stereocenters. The number of imidazole rings is 1. The monoisotopic (exact) mass is 543 g/mol. The van der Waals surface area contributed by atoms with Crippen molar-refractivity contribution in [1.29, 1.82) is 0 Å². The maximum absolute atomic E-state index is 13.5. The van der Waals surface area contributed by atoms with Crippen molar-refractivity contribution in [3.63, 3.8) is 0 Å². The number of nitrogens with one attached hydrogen (secondary N) is 1. The standard InChI is InChI=1S/C32H35F2N5O/c33-30(34)21-39-29-20-38(19-16-28(29)37-31(39)23-6-2-1-3-7-23)18-15-22-11-13-24(14-12-22)36-32(40)26-8-4-10-27-25(26)9-5-17-35-27/h1-10,17,22,24,30H,11-16,18-21H2,(H,36,40). The summed E-state index contributed by atoms with van der Waals surface area (Å²) < 4.78 is 28.8. The van der Waals surface area contributed by atoms with Crippen LogP contribution in [0.2, 0.25) is 0 Å². The van der Waals surface area contributed by atoms with Crippen LogP contribution in [0.3, 0.4) is 0 Å². The highest BCUT2D eigenvalue weighted by Gasteiger charge is 2.28. The molecule has 0 radical (unpaired) electrons. The topological polar surface area (TPSA) is 63.1 Å². The van der Waals surface area contributed by atoms with Gasteiger partial charge in [0.25, 0.3) is 12.3 Å². The number of nitrogens with zero attached hydrogens (tertiary/aromatic N) is 4. The SMILES string of the molecule is O=C(NC1CCC(CCN2CCc3nc(-c4ccccc4)n(CC(F)F)c3C2)CC1)c1cccc2ncccc12. The maximum atomic E-state index is 13.5. The number of carbonyl (C=O) groups is 1. The molecule has 40 heavy (non-hydrogen) atoms. The van der Waals surface area contributed by atoms with Crippen LogP contribution in [0.5, 0.6) is 0 Å². The van der Waals surface area contributed by atoms with Crippen LogP contribution in [-0.2, 0) is 19.5 Å². The summed E-state index contributed by atoms with van der Waals surface area (Å²) in [6.45, 7) is 2.18. The highest BCUT2D eigenvalue weighted by molar-refractivity contribution is 6.06. The van der Waals surface area contributed by atoms with E-state index < -0.39 is 6.43 Å². The average molecular weight is 544 g/mol. The van der Waals surface area contributed by atoms with Gasteiger partial charge in [0, 0.05) is 48.3 Å². The van der Waals surface area contributed by atoms with E-state index in [1.54, 1.807) is 10.8 Å². The number of pyridine rings is 1. The molecule has 0 bridgehead atoms. The highest BCUT2D eigenvalue weighted by atomic mass is 19.3. The molecule has 1 amide bonds. The van der Waals surface area contributed by atoms with Crippen molar-refractivity contribution >= 4 is 16.8 Å². The second-order valence-corrected chi connectivity index (χ2v) is 11.1. The fourth-order valence-electron chi connectivity index (χ4n) is 6.33. The Balaban J connectivity index is 1.03. The minimum atomic E-state index is -2.43. The van der Waals surface area contributed by atoms with Gasteiger partial charge in [0.15, 0.2) is 0 Å². The first-order valence-corrected chi connectivity index (χ1v) is 14.3. The maximum Gasteiger partial charge on any atom is 0.256 e. The third-order valence-corrected chi connectivity index (χ3v) is 8.47. The summed E-state index contributed by atoms with van der Waals surface area (Å²) in [5, 5.41) is 4.13. The molecule has 208 valence electrons. The molecular weight excluding hydrogens is 508 g/mol. The van der Waals surface area contributed by atoms with Crippen LogP contribution in [-0.4, -0.2) is 50.9 Å². The molecule has 1 N–H and O–H groups in total. The van der Waals surface area contributed by atoms with Gasteiger partial charge in [-0.25, -0.2) is 13.8 Å². The average Bonchev–Trinajstić information content (AvgIpc) is 3.34. The normalized spacial score (nSPS) is 19.6. The number of aromatic nitrogens is 3. The van der Waals surface area contributed by atoms with Crippen molar-refractivity contribution in [3.05, 3.63) is 83.8 Å². The lowest BCUT2D eigenvalue weighted by Gasteiger charge is -2.32. The largest absolute Gasteiger partial charge is 0.349 e. The molecule has 2 aromatic heterocycles. The Morgan fingerprint density at radius 1 is 1.00 bits per heavy atom. The molecule has 4 aromatic rings. The van der Waals surface area contributed by atoms with Gasteiger partial charge in [-0.1, -0.05) is 42.5 Å². The zero-order chi connectivity index (χ0) is 27.5. The number of hydrogen-bond acceptors (Lipinski definition) is 4. The van der Waals surface area contributed by atoms with E-state index in [2.05, 4.69) is 15.2 Å². The van der Waals surface area contributed by atoms with Gasteiger partial charge in [0.2, 0.25) is 0 Å². The molecule has 0 spiro atoms. The summed E-state index contributed by atoms with van der Waals surface area (Å²) in [6.07, 6.45) is 5.31. The lowest BCUT2D eigenvalue weighted by Crippen LogP contribution is -2.38. The first-order valence-electron chi connectivity index (χ1n) is 14.3. The van der Waals surface area contributed by atoms with Gasteiger partial charge in [0.05, 0.1) is 23.4 Å². The van der Waals surface area contributed by atoms with Crippen LogP contribution in [0, 0.1) is 5.92 Å². The number of fused-ring (bicyclic) bond motifs is 2. The van der Waals surface area contributed by atoms with Crippen LogP contribution >= 0.6 is 0 Å². The minimum absolute atomic E-state index is 0.0264. The quantitative estimate of drug-likeness (QED) is 0.292. The van der Waals surface area contributed by atoms with Gasteiger partial charge in [-0.05, 0) is 62.8 Å². The highest BCUT2D eigenvalue weighted by Crippen LogP contribution is 2.31. The second kappa shape index (κ2) is 11.8. The van der Waals surface area contributed by atoms with Gasteiger partial charge < -0.3 is 9.88 Å². The summed E-state index contributed by atoms with van der Waals surface area (Å²) in [4.78, 5) is 24.6. The zero-order valence-corrected chi connectivity index (χ0v) is 22.6. The molecule has 6 nitrogen and oxygen atoms in total. The van der Waals surface area contributed by atoms with Crippen molar-refractivity contribution in [3.8, 4) is 11.4 Å². The van der Waals surface area contributed by atoms with Crippen molar-refractivity contribution in [2.45, 2.75) is 64.1 Å². The van der Waals surface area contributed by atoms with Gasteiger partial charge in [0.1, 0.15) is 5.82 Å². The van der Waals surface area contributed by atoms with Crippen molar-refractivity contribution < 1.29 is 13.6 Å². The van der Waals surface area contributed by atoms with E-state index in [1.165, 1.54) is 0 Å². The van der Waals surface area contributed by atoms with Crippen LogP contribution in [0.15, 0.2) is 66.9 Å². The molecule has 1 saturated carbocycles. The summed E-state index contributed by atoms with van der Waals surface area (Å²) in [5.41, 5.74) is 4.27. The van der Waals surface area contributed by atoms with E-state index in [4.69, 9.17) is 4.98 Å². The first kappa shape index (κ1) is 26.6. The molecule has 0 atom stereocenters. The number of carbonyl (C=O) groups excluding carboxylic acids is 1. The smallest absolute Gasteiger partial charge is 0.256 e. The van der Waals surface area contributed by atoms with Gasteiger partial charge in [-0.3, -0.25) is 14.7 Å². The number of hydrogen-bond donors (Lipinski definition) is 1. The molecular formula is C32H35F2N5O. The zero-order valence-electron chi connectivity index (χ0n) is 22.6. The van der Waals surface area contributed by atoms with Crippen LogP contribution in [0.1, 0.15) is 53.8 Å². The van der Waals surface area contributed by atoms with E-state index in [1.807, 2.05) is 60.7 Å². The number of alkyl halides is 2. The van der Waals surface area contributed by atoms with Crippen molar-refractivity contribution in [1.82, 2.24) is 24.8 Å². The molecule has 2 aromatic carbocycles.